The molecule has 0 aliphatic heterocycles. The molecule has 2 unspecified atom stereocenters. The number of methoxy groups -OCH3 is 1. The third-order valence-corrected chi connectivity index (χ3v) is 3.20. The number of carbonyl (C=O) groups is 2. The van der Waals surface area contributed by atoms with Crippen molar-refractivity contribution in [1.29, 1.82) is 0 Å². The van der Waals surface area contributed by atoms with Gasteiger partial charge in [-0.1, -0.05) is 0 Å². The predicted molar refractivity (Wildman–Crippen MR) is 82.2 cm³/mol. The molecule has 1 rings (SSSR count). The van der Waals surface area contributed by atoms with Gasteiger partial charge in [-0.05, 0) is 19.1 Å². The fourth-order valence-electron chi connectivity index (χ4n) is 2.01. The molecule has 5 nitrogen and oxygen atoms in total. The van der Waals surface area contributed by atoms with Crippen molar-refractivity contribution in [2.45, 2.75) is 25.4 Å². The number of hydrogen-bond donors (Lipinski definition) is 0. The third-order valence-electron chi connectivity index (χ3n) is 3.20. The number of allylic oxidation sites excluding steroid dienone is 3. The SMILES string of the molecule is CCOC(=O)/C(=C\C=NCC(F)(F)F)C(=O)C1=CC(F)=C(F)C(OC)C1F. The van der Waals surface area contributed by atoms with Crippen LogP contribution in [0.2, 0.25) is 0 Å². The Balaban J connectivity index is 3.24. The molecule has 0 bridgehead atoms. The number of halogens is 6. The zero-order chi connectivity index (χ0) is 20.8. The first-order chi connectivity index (χ1) is 12.5. The van der Waals surface area contributed by atoms with Crippen LogP contribution >= 0.6 is 0 Å². The minimum atomic E-state index is -4.62. The van der Waals surface area contributed by atoms with Crippen molar-refractivity contribution in [2.75, 3.05) is 20.3 Å². The first-order valence-corrected chi connectivity index (χ1v) is 7.45. The van der Waals surface area contributed by atoms with Gasteiger partial charge in [0, 0.05) is 18.9 Å². The molecular formula is C16H15F6NO4. The summed E-state index contributed by atoms with van der Waals surface area (Å²) >= 11 is 0. The highest BCUT2D eigenvalue weighted by molar-refractivity contribution is 6.26. The maximum Gasteiger partial charge on any atom is 0.407 e. The van der Waals surface area contributed by atoms with Crippen LogP contribution in [0.1, 0.15) is 6.92 Å². The Morgan fingerprint density at radius 2 is 1.93 bits per heavy atom. The molecule has 0 fully saturated rings. The van der Waals surface area contributed by atoms with Crippen molar-refractivity contribution in [2.24, 2.45) is 4.99 Å². The number of carbonyl (C=O) groups excluding carboxylic acids is 2. The van der Waals surface area contributed by atoms with E-state index in [9.17, 15) is 35.9 Å². The Morgan fingerprint density at radius 3 is 2.44 bits per heavy atom. The quantitative estimate of drug-likeness (QED) is 0.165. The average Bonchev–Trinajstić information content (AvgIpc) is 2.57. The number of ketones is 1. The van der Waals surface area contributed by atoms with E-state index in [4.69, 9.17) is 0 Å². The van der Waals surface area contributed by atoms with Crippen molar-refractivity contribution in [3.8, 4) is 0 Å². The Kier molecular flexibility index (Phi) is 7.95. The molecule has 11 heteroatoms. The summed E-state index contributed by atoms with van der Waals surface area (Å²) in [5.41, 5.74) is -1.86. The number of esters is 1. The highest BCUT2D eigenvalue weighted by Crippen LogP contribution is 2.32. The zero-order valence-corrected chi connectivity index (χ0v) is 14.1. The molecule has 1 aliphatic carbocycles. The van der Waals surface area contributed by atoms with Gasteiger partial charge in [0.25, 0.3) is 0 Å². The molecule has 0 aromatic rings. The second kappa shape index (κ2) is 9.49. The van der Waals surface area contributed by atoms with Crippen LogP contribution in [-0.2, 0) is 19.1 Å². The molecule has 27 heavy (non-hydrogen) atoms. The molecule has 0 aromatic carbocycles. The average molecular weight is 399 g/mol. The van der Waals surface area contributed by atoms with Gasteiger partial charge in [0.2, 0.25) is 0 Å². The van der Waals surface area contributed by atoms with Crippen molar-refractivity contribution < 1.29 is 45.4 Å². The molecule has 1 aliphatic rings. The van der Waals surface area contributed by atoms with Crippen LogP contribution in [0.3, 0.4) is 0 Å². The summed E-state index contributed by atoms with van der Waals surface area (Å²) in [4.78, 5) is 27.2. The van der Waals surface area contributed by atoms with E-state index in [-0.39, 0.29) is 12.7 Å². The second-order valence-electron chi connectivity index (χ2n) is 5.09. The van der Waals surface area contributed by atoms with E-state index < -0.39 is 59.5 Å². The normalized spacial score (nSPS) is 21.5. The summed E-state index contributed by atoms with van der Waals surface area (Å²) in [6, 6.07) is 0. The summed E-state index contributed by atoms with van der Waals surface area (Å²) in [6.07, 6.45) is -7.78. The lowest BCUT2D eigenvalue weighted by molar-refractivity contribution is -0.139. The molecule has 2 atom stereocenters. The molecule has 0 radical (unpaired) electrons. The van der Waals surface area contributed by atoms with Crippen molar-refractivity contribution in [3.63, 3.8) is 0 Å². The van der Waals surface area contributed by atoms with Gasteiger partial charge >= 0.3 is 12.1 Å². The summed E-state index contributed by atoms with van der Waals surface area (Å²) in [5.74, 6) is -5.84. The van der Waals surface area contributed by atoms with E-state index in [0.29, 0.717) is 12.3 Å². The van der Waals surface area contributed by atoms with Crippen LogP contribution in [0.15, 0.2) is 39.9 Å². The van der Waals surface area contributed by atoms with E-state index in [0.717, 1.165) is 7.11 Å². The van der Waals surface area contributed by atoms with E-state index in [1.807, 2.05) is 0 Å². The van der Waals surface area contributed by atoms with Gasteiger partial charge < -0.3 is 9.47 Å². The van der Waals surface area contributed by atoms with E-state index in [1.54, 1.807) is 0 Å². The van der Waals surface area contributed by atoms with E-state index in [2.05, 4.69) is 14.5 Å². The maximum absolute atomic E-state index is 14.3. The van der Waals surface area contributed by atoms with Gasteiger partial charge in [0.1, 0.15) is 18.2 Å². The van der Waals surface area contributed by atoms with Crippen molar-refractivity contribution in [3.05, 3.63) is 35.0 Å². The topological polar surface area (TPSA) is 65.0 Å². The van der Waals surface area contributed by atoms with Crippen LogP contribution in [0.4, 0.5) is 26.3 Å². The standard InChI is InChI=1S/C16H15F6NO4/c1-3-27-15(25)8(4-5-23-7-16(20,21)22)13(24)9-6-10(17)12(19)14(26-2)11(9)18/h4-6,11,14H,3,7H2,1-2H3/b8-4-,23-5?. The molecule has 0 aromatic heterocycles. The summed E-state index contributed by atoms with van der Waals surface area (Å²) < 4.78 is 86.7. The first-order valence-electron chi connectivity index (χ1n) is 7.45. The Bertz CT molecular complexity index is 708. The minimum Gasteiger partial charge on any atom is -0.462 e. The van der Waals surface area contributed by atoms with Crippen molar-refractivity contribution >= 4 is 18.0 Å². The summed E-state index contributed by atoms with van der Waals surface area (Å²) in [7, 11) is 0.878. The highest BCUT2D eigenvalue weighted by atomic mass is 19.4. The third kappa shape index (κ3) is 6.05. The lowest BCUT2D eigenvalue weighted by Crippen LogP contribution is -2.34. The van der Waals surface area contributed by atoms with Crippen LogP contribution < -0.4 is 0 Å². The van der Waals surface area contributed by atoms with Gasteiger partial charge in [-0.3, -0.25) is 9.79 Å². The van der Waals surface area contributed by atoms with E-state index >= 15 is 0 Å². The van der Waals surface area contributed by atoms with Gasteiger partial charge in [0.15, 0.2) is 23.6 Å². The fourth-order valence-corrected chi connectivity index (χ4v) is 2.01. The van der Waals surface area contributed by atoms with Crippen LogP contribution in [-0.4, -0.2) is 56.7 Å². The molecule has 0 saturated carbocycles. The number of aliphatic imine (C=N–C) groups is 1. The molecule has 0 spiro atoms. The minimum absolute atomic E-state index is 0.204. The van der Waals surface area contributed by atoms with Gasteiger partial charge in [0.05, 0.1) is 6.61 Å². The second-order valence-corrected chi connectivity index (χ2v) is 5.09. The van der Waals surface area contributed by atoms with Crippen LogP contribution in [0, 0.1) is 0 Å². The summed E-state index contributed by atoms with van der Waals surface area (Å²) in [5, 5.41) is 0. The van der Waals surface area contributed by atoms with Gasteiger partial charge in [-0.15, -0.1) is 0 Å². The number of nitrogens with zero attached hydrogens (tertiary/aromatic N) is 1. The lowest BCUT2D eigenvalue weighted by atomic mass is 9.91. The molecule has 0 N–H and O–H groups in total. The Labute approximate surface area is 150 Å². The van der Waals surface area contributed by atoms with Crippen LogP contribution in [0.25, 0.3) is 0 Å². The fraction of sp³-hybridized carbons (Fsp3) is 0.438. The largest absolute Gasteiger partial charge is 0.462 e. The molecule has 0 saturated heterocycles. The monoisotopic (exact) mass is 399 g/mol. The smallest absolute Gasteiger partial charge is 0.407 e. The lowest BCUT2D eigenvalue weighted by Gasteiger charge is -2.24. The predicted octanol–water partition coefficient (Wildman–Crippen LogP) is 3.12. The molecular weight excluding hydrogens is 384 g/mol. The molecule has 150 valence electrons. The molecule has 0 amide bonds. The number of alkyl halides is 4. The Morgan fingerprint density at radius 1 is 1.30 bits per heavy atom. The zero-order valence-electron chi connectivity index (χ0n) is 14.1. The number of hydrogen-bond acceptors (Lipinski definition) is 5. The molecule has 0 heterocycles. The number of rotatable bonds is 7. The van der Waals surface area contributed by atoms with Gasteiger partial charge in [-0.2, -0.15) is 13.2 Å². The number of Topliss-reactive ketones (excluding diaryl/α,β-unsaturated/α-hetero) is 1. The maximum atomic E-state index is 14.3. The highest BCUT2D eigenvalue weighted by Gasteiger charge is 2.39. The Hall–Kier alpha value is -2.43. The summed E-state index contributed by atoms with van der Waals surface area (Å²) in [6.45, 7) is -0.407. The van der Waals surface area contributed by atoms with Crippen molar-refractivity contribution in [1.82, 2.24) is 0 Å². The van der Waals surface area contributed by atoms with E-state index in [1.165, 1.54) is 6.92 Å². The van der Waals surface area contributed by atoms with Crippen LogP contribution in [0.5, 0.6) is 0 Å². The van der Waals surface area contributed by atoms with Gasteiger partial charge in [-0.25, -0.2) is 18.0 Å². The number of ether oxygens (including phenoxy) is 2. The first kappa shape index (κ1) is 22.6.